The second kappa shape index (κ2) is 18.8. The zero-order valence-corrected chi connectivity index (χ0v) is 39.0. The standard InChI is InChI=1S/C47H80O17/c1-22(2)10-9-14-47(8,58)23-11-16-46(7)31(23)24(50)18-29-44(5)15-13-30(43(3,4)28(44)12-17-45(29,46)6)62-41-38(35(55)33(53)26(19-48)60-41)64-42-39(36(56)34(54)27(20-49)61-42)63-40-37(57)32(52)25(51)21-59-40/h10,23-42,48-58H,9,11-21H2,1-8H3/t23-,24+,25+,26+,27+,28?,29+,30-,31?,32-,33+,34+,35-,36-,37+,38+,39+,40-,41-,42-,44-,45+,46+,47?/m0/s1. The number of ether oxygens (including phenoxy) is 6. The van der Waals surface area contributed by atoms with E-state index in [1.165, 1.54) is 5.57 Å². The van der Waals surface area contributed by atoms with Crippen molar-refractivity contribution in [1.29, 1.82) is 0 Å². The fourth-order valence-electron chi connectivity index (χ4n) is 14.5. The van der Waals surface area contributed by atoms with Gasteiger partial charge in [0.05, 0.1) is 37.6 Å². The van der Waals surface area contributed by atoms with Crippen LogP contribution in [0.4, 0.5) is 0 Å². The van der Waals surface area contributed by atoms with E-state index in [-0.39, 0.29) is 39.9 Å². The van der Waals surface area contributed by atoms with Crippen LogP contribution in [-0.4, -0.2) is 180 Å². The van der Waals surface area contributed by atoms with Gasteiger partial charge in [-0.2, -0.15) is 0 Å². The van der Waals surface area contributed by atoms with Gasteiger partial charge in [0, 0.05) is 0 Å². The molecule has 17 heteroatoms. The molecule has 3 aliphatic heterocycles. The lowest BCUT2D eigenvalue weighted by atomic mass is 9.35. The third kappa shape index (κ3) is 8.60. The van der Waals surface area contributed by atoms with Crippen LogP contribution in [0.3, 0.4) is 0 Å². The SMILES string of the molecule is CC(C)=CCCC(C)(O)[C@H]1CC[C@]2(C)C1[C@H](O)C[C@@H]1[C@@]3(C)CC[C@H](O[C@@H]4O[C@H](CO)[C@@H](O)[C@H](O)[C@H]4O[C@@H]4O[C@H](CO)[C@@H](O)[C@H](O)[C@H]4O[C@@H]4OC[C@@H](O)[C@H](O)[C@H]4O)C(C)(C)C3CC[C@]12C. The maximum Gasteiger partial charge on any atom is 0.187 e. The molecule has 64 heavy (non-hydrogen) atoms. The summed E-state index contributed by atoms with van der Waals surface area (Å²) in [4.78, 5) is 0. The normalized spacial score (nSPS) is 52.5. The van der Waals surface area contributed by atoms with E-state index in [0.29, 0.717) is 19.3 Å². The van der Waals surface area contributed by atoms with E-state index in [2.05, 4.69) is 54.5 Å². The highest BCUT2D eigenvalue weighted by Gasteiger charge is 2.71. The first-order valence-corrected chi connectivity index (χ1v) is 23.8. The summed E-state index contributed by atoms with van der Waals surface area (Å²) in [5.74, 6) is 0.264. The third-order valence-electron chi connectivity index (χ3n) is 18.3. The first-order valence-electron chi connectivity index (χ1n) is 23.8. The number of aliphatic hydroxyl groups excluding tert-OH is 10. The highest BCUT2D eigenvalue weighted by molar-refractivity contribution is 5.20. The van der Waals surface area contributed by atoms with Crippen molar-refractivity contribution in [3.63, 3.8) is 0 Å². The Balaban J connectivity index is 1.12. The van der Waals surface area contributed by atoms with Crippen LogP contribution < -0.4 is 0 Å². The number of aliphatic hydroxyl groups is 11. The molecule has 24 atom stereocenters. The van der Waals surface area contributed by atoms with Gasteiger partial charge in [-0.25, -0.2) is 0 Å². The molecule has 0 aromatic carbocycles. The van der Waals surface area contributed by atoms with Gasteiger partial charge in [-0.3, -0.25) is 0 Å². The fraction of sp³-hybridized carbons (Fsp3) is 0.957. The Bertz CT molecular complexity index is 1630. The lowest BCUT2D eigenvalue weighted by molar-refractivity contribution is -0.395. The highest BCUT2D eigenvalue weighted by atomic mass is 16.8. The van der Waals surface area contributed by atoms with E-state index in [1.807, 2.05) is 6.92 Å². The summed E-state index contributed by atoms with van der Waals surface area (Å²) in [6.45, 7) is 15.7. The molecule has 3 unspecified atom stereocenters. The summed E-state index contributed by atoms with van der Waals surface area (Å²) in [5, 5.41) is 120. The minimum Gasteiger partial charge on any atom is -0.394 e. The van der Waals surface area contributed by atoms with Crippen LogP contribution in [0.25, 0.3) is 0 Å². The van der Waals surface area contributed by atoms with Crippen LogP contribution >= 0.6 is 0 Å². The maximum absolute atomic E-state index is 12.3. The van der Waals surface area contributed by atoms with Crippen LogP contribution in [-0.2, 0) is 28.4 Å². The molecule has 3 saturated heterocycles. The lowest BCUT2D eigenvalue weighted by Crippen LogP contribution is -2.68. The Labute approximate surface area is 377 Å². The number of allylic oxidation sites excluding steroid dienone is 2. The number of hydrogen-bond acceptors (Lipinski definition) is 17. The summed E-state index contributed by atoms with van der Waals surface area (Å²) in [6, 6.07) is 0. The Hall–Kier alpha value is -0.940. The molecule has 0 spiro atoms. The molecule has 370 valence electrons. The van der Waals surface area contributed by atoms with Crippen LogP contribution in [0.1, 0.15) is 113 Å². The van der Waals surface area contributed by atoms with Crippen LogP contribution in [0.2, 0.25) is 0 Å². The molecule has 0 radical (unpaired) electrons. The van der Waals surface area contributed by atoms with Gasteiger partial charge in [-0.15, -0.1) is 0 Å². The second-order valence-electron chi connectivity index (χ2n) is 22.5. The molecule has 0 amide bonds. The van der Waals surface area contributed by atoms with Gasteiger partial charge in [-0.05, 0) is 124 Å². The van der Waals surface area contributed by atoms with E-state index in [4.69, 9.17) is 28.4 Å². The molecule has 11 N–H and O–H groups in total. The zero-order valence-electron chi connectivity index (χ0n) is 39.0. The Kier molecular flexibility index (Phi) is 14.9. The van der Waals surface area contributed by atoms with E-state index >= 15 is 0 Å². The predicted octanol–water partition coefficient (Wildman–Crippen LogP) is 0.612. The van der Waals surface area contributed by atoms with E-state index in [9.17, 15) is 56.2 Å². The van der Waals surface area contributed by atoms with Crippen LogP contribution in [0.5, 0.6) is 0 Å². The van der Waals surface area contributed by atoms with Gasteiger partial charge in [0.25, 0.3) is 0 Å². The van der Waals surface area contributed by atoms with Gasteiger partial charge >= 0.3 is 0 Å². The van der Waals surface area contributed by atoms with Gasteiger partial charge < -0.3 is 84.6 Å². The number of fused-ring (bicyclic) bond motifs is 5. The molecule has 7 fully saturated rings. The Morgan fingerprint density at radius 2 is 1.22 bits per heavy atom. The molecule has 3 heterocycles. The highest BCUT2D eigenvalue weighted by Crippen LogP contribution is 2.76. The quantitative estimate of drug-likeness (QED) is 0.0946. The lowest BCUT2D eigenvalue weighted by Gasteiger charge is -2.70. The van der Waals surface area contributed by atoms with Crippen molar-refractivity contribution < 1.29 is 84.6 Å². The van der Waals surface area contributed by atoms with Crippen molar-refractivity contribution in [2.24, 2.45) is 45.3 Å². The van der Waals surface area contributed by atoms with Gasteiger partial charge in [0.1, 0.15) is 67.1 Å². The average molecular weight is 917 g/mol. The summed E-state index contributed by atoms with van der Waals surface area (Å²) in [5.41, 5.74) is -0.680. The molecule has 0 aromatic rings. The van der Waals surface area contributed by atoms with E-state index in [1.54, 1.807) is 0 Å². The first-order chi connectivity index (χ1) is 29.9. The molecular weight excluding hydrogens is 836 g/mol. The van der Waals surface area contributed by atoms with Crippen molar-refractivity contribution in [2.45, 2.75) is 217 Å². The minimum atomic E-state index is -1.83. The molecule has 17 nitrogen and oxygen atoms in total. The van der Waals surface area contributed by atoms with E-state index < -0.39 is 129 Å². The largest absolute Gasteiger partial charge is 0.394 e. The predicted molar refractivity (Wildman–Crippen MR) is 228 cm³/mol. The summed E-state index contributed by atoms with van der Waals surface area (Å²) in [7, 11) is 0. The first kappa shape index (κ1) is 50.9. The molecule has 4 saturated carbocycles. The summed E-state index contributed by atoms with van der Waals surface area (Å²) in [6.07, 6.45) is -14.4. The van der Waals surface area contributed by atoms with E-state index in [0.717, 1.165) is 38.5 Å². The second-order valence-corrected chi connectivity index (χ2v) is 22.5. The van der Waals surface area contributed by atoms with Crippen molar-refractivity contribution in [2.75, 3.05) is 19.8 Å². The molecule has 0 bridgehead atoms. The van der Waals surface area contributed by atoms with Crippen molar-refractivity contribution in [3.05, 3.63) is 11.6 Å². The molecule has 7 rings (SSSR count). The van der Waals surface area contributed by atoms with Gasteiger partial charge in [0.15, 0.2) is 18.9 Å². The van der Waals surface area contributed by atoms with Crippen molar-refractivity contribution in [1.82, 2.24) is 0 Å². The topological polar surface area (TPSA) is 278 Å². The fourth-order valence-corrected chi connectivity index (χ4v) is 14.5. The molecule has 7 aliphatic rings. The maximum atomic E-state index is 12.3. The van der Waals surface area contributed by atoms with Crippen molar-refractivity contribution in [3.8, 4) is 0 Å². The van der Waals surface area contributed by atoms with Gasteiger partial charge in [0.2, 0.25) is 0 Å². The monoisotopic (exact) mass is 917 g/mol. The average Bonchev–Trinajstić information content (AvgIpc) is 3.62. The summed E-state index contributed by atoms with van der Waals surface area (Å²) < 4.78 is 36.4. The Morgan fingerprint density at radius 1 is 0.656 bits per heavy atom. The third-order valence-corrected chi connectivity index (χ3v) is 18.3. The number of rotatable bonds is 12. The van der Waals surface area contributed by atoms with Crippen LogP contribution in [0, 0.1) is 45.3 Å². The number of hydrogen-bond donors (Lipinski definition) is 11. The molecule has 4 aliphatic carbocycles. The zero-order chi connectivity index (χ0) is 47.1. The summed E-state index contributed by atoms with van der Waals surface area (Å²) >= 11 is 0. The van der Waals surface area contributed by atoms with Gasteiger partial charge in [-0.1, -0.05) is 46.3 Å². The smallest absolute Gasteiger partial charge is 0.187 e. The molecular formula is C47H80O17. The Morgan fingerprint density at radius 3 is 1.80 bits per heavy atom. The minimum absolute atomic E-state index is 0.0120. The van der Waals surface area contributed by atoms with Crippen molar-refractivity contribution >= 4 is 0 Å². The molecule has 0 aromatic heterocycles. The van der Waals surface area contributed by atoms with Crippen LogP contribution in [0.15, 0.2) is 11.6 Å².